The molecule has 2 heterocycles. The number of rotatable bonds is 2. The molecule has 0 fully saturated rings. The van der Waals surface area contributed by atoms with Gasteiger partial charge in [-0.05, 0) is 0 Å². The number of carbonyl (C=O) groups excluding carboxylic acids is 1. The van der Waals surface area contributed by atoms with Crippen LogP contribution in [0.1, 0.15) is 10.6 Å². The minimum absolute atomic E-state index is 0.0776. The molecular weight excluding hydrogens is 182 g/mol. The van der Waals surface area contributed by atoms with E-state index in [0.29, 0.717) is 11.0 Å². The molecule has 2 N–H and O–H groups in total. The first-order valence-electron chi connectivity index (χ1n) is 4.10. The molecule has 0 aliphatic rings. The summed E-state index contributed by atoms with van der Waals surface area (Å²) in [5.41, 5.74) is 6.52. The summed E-state index contributed by atoms with van der Waals surface area (Å²) in [4.78, 5) is 19.1. The first-order chi connectivity index (χ1) is 6.70. The molecule has 14 heavy (non-hydrogen) atoms. The van der Waals surface area contributed by atoms with Crippen molar-refractivity contribution in [3.05, 3.63) is 18.2 Å². The Morgan fingerprint density at radius 1 is 1.57 bits per heavy atom. The number of hydrogen-bond donors (Lipinski definition) is 1. The molecule has 0 saturated carbocycles. The zero-order valence-corrected chi connectivity index (χ0v) is 7.64. The van der Waals surface area contributed by atoms with Crippen LogP contribution in [0.3, 0.4) is 0 Å². The number of nitrogens with zero attached hydrogens (tertiary/aromatic N) is 4. The van der Waals surface area contributed by atoms with Gasteiger partial charge in [0.2, 0.25) is 5.78 Å². The zero-order valence-electron chi connectivity index (χ0n) is 7.64. The Labute approximate surface area is 79.8 Å². The van der Waals surface area contributed by atoms with E-state index >= 15 is 0 Å². The van der Waals surface area contributed by atoms with E-state index < -0.39 is 0 Å². The van der Waals surface area contributed by atoms with Crippen molar-refractivity contribution in [1.29, 1.82) is 0 Å². The molecule has 0 unspecified atom stereocenters. The highest BCUT2D eigenvalue weighted by Crippen LogP contribution is 2.07. The summed E-state index contributed by atoms with van der Waals surface area (Å²) in [6.45, 7) is -0.0776. The lowest BCUT2D eigenvalue weighted by Crippen LogP contribution is -2.16. The molecule has 0 aromatic carbocycles. The minimum atomic E-state index is -0.268. The lowest BCUT2D eigenvalue weighted by atomic mass is 10.3. The maximum absolute atomic E-state index is 11.2. The molecule has 2 rings (SSSR count). The molecule has 0 spiro atoms. The normalized spacial score (nSPS) is 10.7. The van der Waals surface area contributed by atoms with Gasteiger partial charge in [0.05, 0.1) is 18.9 Å². The van der Waals surface area contributed by atoms with Gasteiger partial charge in [0.1, 0.15) is 11.0 Å². The van der Waals surface area contributed by atoms with Crippen LogP contribution in [0, 0.1) is 0 Å². The summed E-state index contributed by atoms with van der Waals surface area (Å²) < 4.78 is 1.62. The van der Waals surface area contributed by atoms with E-state index in [-0.39, 0.29) is 18.2 Å². The number of ketones is 1. The molecule has 2 aromatic rings. The second-order valence-corrected chi connectivity index (χ2v) is 2.89. The Kier molecular flexibility index (Phi) is 1.97. The van der Waals surface area contributed by atoms with Crippen molar-refractivity contribution in [3.63, 3.8) is 0 Å². The van der Waals surface area contributed by atoms with E-state index in [0.717, 1.165) is 0 Å². The highest BCUT2D eigenvalue weighted by Gasteiger charge is 2.08. The lowest BCUT2D eigenvalue weighted by Gasteiger charge is -1.93. The van der Waals surface area contributed by atoms with Crippen LogP contribution < -0.4 is 5.73 Å². The average molecular weight is 191 g/mol. The fraction of sp³-hybridized carbons (Fsp3) is 0.250. The van der Waals surface area contributed by atoms with Gasteiger partial charge >= 0.3 is 0 Å². The van der Waals surface area contributed by atoms with Gasteiger partial charge in [-0.2, -0.15) is 5.10 Å². The topological polar surface area (TPSA) is 86.7 Å². The molecule has 6 nitrogen and oxygen atoms in total. The first kappa shape index (κ1) is 8.76. The van der Waals surface area contributed by atoms with E-state index in [4.69, 9.17) is 5.73 Å². The summed E-state index contributed by atoms with van der Waals surface area (Å²) in [5.74, 6) is -0.122. The second kappa shape index (κ2) is 3.15. The third kappa shape index (κ3) is 1.35. The van der Waals surface area contributed by atoms with Gasteiger partial charge in [0.25, 0.3) is 0 Å². The van der Waals surface area contributed by atoms with Crippen LogP contribution in [0.25, 0.3) is 11.0 Å². The molecule has 72 valence electrons. The van der Waals surface area contributed by atoms with Crippen LogP contribution in [0.5, 0.6) is 0 Å². The van der Waals surface area contributed by atoms with Gasteiger partial charge in [0.15, 0.2) is 5.82 Å². The quantitative estimate of drug-likeness (QED) is 0.647. The smallest absolute Gasteiger partial charge is 0.213 e. The van der Waals surface area contributed by atoms with E-state index in [9.17, 15) is 4.79 Å². The van der Waals surface area contributed by atoms with Gasteiger partial charge < -0.3 is 5.73 Å². The predicted molar refractivity (Wildman–Crippen MR) is 49.7 cm³/mol. The Bertz CT molecular complexity index is 489. The maximum Gasteiger partial charge on any atom is 0.213 e. The Morgan fingerprint density at radius 2 is 2.36 bits per heavy atom. The summed E-state index contributed by atoms with van der Waals surface area (Å²) in [7, 11) is 1.78. The van der Waals surface area contributed by atoms with Crippen molar-refractivity contribution in [1.82, 2.24) is 19.7 Å². The van der Waals surface area contributed by atoms with Gasteiger partial charge in [0, 0.05) is 7.05 Å². The summed E-state index contributed by atoms with van der Waals surface area (Å²) in [6.07, 6.45) is 3.25. The van der Waals surface area contributed by atoms with Crippen molar-refractivity contribution in [2.45, 2.75) is 0 Å². The van der Waals surface area contributed by atoms with Crippen LogP contribution in [0.4, 0.5) is 0 Å². The van der Waals surface area contributed by atoms with Gasteiger partial charge in [-0.3, -0.25) is 9.48 Å². The molecule has 2 aromatic heterocycles. The lowest BCUT2D eigenvalue weighted by molar-refractivity contribution is 0.0992. The van der Waals surface area contributed by atoms with Crippen molar-refractivity contribution < 1.29 is 4.79 Å². The molecule has 0 bridgehead atoms. The first-order valence-corrected chi connectivity index (χ1v) is 4.10. The van der Waals surface area contributed by atoms with Crippen LogP contribution in [0.2, 0.25) is 0 Å². The SMILES string of the molecule is Cn1cc2nc(C(=O)CN)ncc2n1. The average Bonchev–Trinajstić information content (AvgIpc) is 2.55. The summed E-state index contributed by atoms with van der Waals surface area (Å²) in [6, 6.07) is 0. The number of fused-ring (bicyclic) bond motifs is 1. The van der Waals surface area contributed by atoms with Gasteiger partial charge in [-0.15, -0.1) is 0 Å². The predicted octanol–water partition coefficient (Wildman–Crippen LogP) is -0.495. The molecular formula is C8H9N5O. The van der Waals surface area contributed by atoms with Crippen LogP contribution in [0.15, 0.2) is 12.4 Å². The van der Waals surface area contributed by atoms with E-state index in [2.05, 4.69) is 15.1 Å². The number of aryl methyl sites for hydroxylation is 1. The minimum Gasteiger partial charge on any atom is -0.324 e. The third-order valence-electron chi connectivity index (χ3n) is 1.81. The summed E-state index contributed by atoms with van der Waals surface area (Å²) in [5, 5.41) is 4.09. The van der Waals surface area contributed by atoms with Crippen LogP contribution in [-0.2, 0) is 7.05 Å². The van der Waals surface area contributed by atoms with Crippen molar-refractivity contribution in [2.75, 3.05) is 6.54 Å². The number of nitrogens with two attached hydrogens (primary N) is 1. The molecule has 6 heteroatoms. The van der Waals surface area contributed by atoms with E-state index in [1.54, 1.807) is 17.9 Å². The number of Topliss-reactive ketones (excluding diaryl/α,β-unsaturated/α-hetero) is 1. The van der Waals surface area contributed by atoms with E-state index in [1.807, 2.05) is 0 Å². The Hall–Kier alpha value is -1.82. The maximum atomic E-state index is 11.2. The van der Waals surface area contributed by atoms with Crippen LogP contribution in [-0.4, -0.2) is 32.1 Å². The number of carbonyl (C=O) groups is 1. The van der Waals surface area contributed by atoms with Crippen molar-refractivity contribution in [2.24, 2.45) is 12.8 Å². The number of aromatic nitrogens is 4. The Balaban J connectivity index is 2.55. The molecule has 0 saturated heterocycles. The molecule has 0 aliphatic carbocycles. The molecule has 0 atom stereocenters. The highest BCUT2D eigenvalue weighted by atomic mass is 16.1. The largest absolute Gasteiger partial charge is 0.324 e. The molecule has 0 amide bonds. The van der Waals surface area contributed by atoms with Crippen molar-refractivity contribution >= 4 is 16.8 Å². The molecule has 0 aliphatic heterocycles. The monoisotopic (exact) mass is 191 g/mol. The third-order valence-corrected chi connectivity index (χ3v) is 1.81. The van der Waals surface area contributed by atoms with Crippen LogP contribution >= 0.6 is 0 Å². The van der Waals surface area contributed by atoms with Gasteiger partial charge in [-0.25, -0.2) is 9.97 Å². The van der Waals surface area contributed by atoms with Gasteiger partial charge in [-0.1, -0.05) is 0 Å². The van der Waals surface area contributed by atoms with E-state index in [1.165, 1.54) is 6.20 Å². The number of hydrogen-bond acceptors (Lipinski definition) is 5. The standard InChI is InChI=1S/C8H9N5O/c1-13-4-6-5(12-13)3-10-8(11-6)7(14)2-9/h3-4H,2,9H2,1H3. The second-order valence-electron chi connectivity index (χ2n) is 2.89. The Morgan fingerprint density at radius 3 is 3.07 bits per heavy atom. The fourth-order valence-electron chi connectivity index (χ4n) is 1.16. The zero-order chi connectivity index (χ0) is 10.1. The summed E-state index contributed by atoms with van der Waals surface area (Å²) >= 11 is 0. The highest BCUT2D eigenvalue weighted by molar-refractivity contribution is 5.95. The molecule has 0 radical (unpaired) electrons. The van der Waals surface area contributed by atoms with Crippen molar-refractivity contribution in [3.8, 4) is 0 Å². The fourth-order valence-corrected chi connectivity index (χ4v) is 1.16.